The van der Waals surface area contributed by atoms with E-state index in [4.69, 9.17) is 9.47 Å². The average Bonchev–Trinajstić information content (AvgIpc) is 3.19. The number of nitrogens with zero attached hydrogens (tertiary/aromatic N) is 1. The van der Waals surface area contributed by atoms with E-state index in [0.29, 0.717) is 19.3 Å². The van der Waals surface area contributed by atoms with Gasteiger partial charge in [-0.1, -0.05) is 37.3 Å². The molecule has 17 heavy (non-hydrogen) atoms. The summed E-state index contributed by atoms with van der Waals surface area (Å²) in [5.74, 6) is 0. The fourth-order valence-corrected chi connectivity index (χ4v) is 1.50. The van der Waals surface area contributed by atoms with Crippen molar-refractivity contribution in [3.05, 3.63) is 35.9 Å². The zero-order valence-corrected chi connectivity index (χ0v) is 10.2. The Kier molecular flexibility index (Phi) is 4.71. The highest BCUT2D eigenvalue weighted by Crippen LogP contribution is 2.09. The maximum Gasteiger partial charge on any atom is 0.104 e. The highest BCUT2D eigenvalue weighted by Gasteiger charge is 2.22. The van der Waals surface area contributed by atoms with Crippen LogP contribution in [0.15, 0.2) is 35.3 Å². The van der Waals surface area contributed by atoms with E-state index in [1.165, 1.54) is 0 Å². The molecule has 1 aromatic carbocycles. The van der Waals surface area contributed by atoms with Gasteiger partial charge in [0.2, 0.25) is 0 Å². The summed E-state index contributed by atoms with van der Waals surface area (Å²) >= 11 is 0. The lowest BCUT2D eigenvalue weighted by Gasteiger charge is -2.09. The van der Waals surface area contributed by atoms with E-state index in [9.17, 15) is 0 Å². The first-order valence-corrected chi connectivity index (χ1v) is 6.16. The van der Waals surface area contributed by atoms with Crippen LogP contribution in [-0.2, 0) is 9.47 Å². The standard InChI is InChI=1S/C14H19NO2/c1-2-13(9-16-10-14-11-17-14)15-8-12-6-4-3-5-7-12/h3-8,13-14H,2,9-11H2,1H3. The lowest BCUT2D eigenvalue weighted by molar-refractivity contribution is 0.105. The number of rotatable bonds is 7. The molecule has 0 aliphatic carbocycles. The van der Waals surface area contributed by atoms with E-state index in [1.807, 2.05) is 24.4 Å². The molecule has 2 unspecified atom stereocenters. The van der Waals surface area contributed by atoms with Gasteiger partial charge in [-0.05, 0) is 12.0 Å². The van der Waals surface area contributed by atoms with Crippen LogP contribution in [0, 0.1) is 0 Å². The van der Waals surface area contributed by atoms with Gasteiger partial charge < -0.3 is 9.47 Å². The Labute approximate surface area is 102 Å². The molecule has 3 nitrogen and oxygen atoms in total. The molecule has 1 aliphatic heterocycles. The molecule has 0 bridgehead atoms. The predicted molar refractivity (Wildman–Crippen MR) is 68.7 cm³/mol. The Morgan fingerprint density at radius 1 is 1.47 bits per heavy atom. The van der Waals surface area contributed by atoms with E-state index in [0.717, 1.165) is 18.6 Å². The van der Waals surface area contributed by atoms with E-state index < -0.39 is 0 Å². The van der Waals surface area contributed by atoms with Crippen molar-refractivity contribution in [2.75, 3.05) is 19.8 Å². The summed E-state index contributed by atoms with van der Waals surface area (Å²) in [6.07, 6.45) is 3.26. The molecule has 0 aromatic heterocycles. The molecular weight excluding hydrogens is 214 g/mol. The van der Waals surface area contributed by atoms with Gasteiger partial charge in [-0.25, -0.2) is 0 Å². The van der Waals surface area contributed by atoms with Crippen LogP contribution < -0.4 is 0 Å². The molecule has 1 aromatic rings. The Hall–Kier alpha value is -1.19. The first-order chi connectivity index (χ1) is 8.38. The molecule has 0 amide bonds. The number of hydrogen-bond donors (Lipinski definition) is 0. The largest absolute Gasteiger partial charge is 0.376 e. The molecule has 1 saturated heterocycles. The van der Waals surface area contributed by atoms with Gasteiger partial charge in [-0.2, -0.15) is 0 Å². The molecule has 1 heterocycles. The molecular formula is C14H19NO2. The first-order valence-electron chi connectivity index (χ1n) is 6.16. The van der Waals surface area contributed by atoms with Crippen molar-refractivity contribution >= 4 is 6.21 Å². The number of epoxide rings is 1. The van der Waals surface area contributed by atoms with Crippen LogP contribution in [-0.4, -0.2) is 38.2 Å². The number of benzene rings is 1. The SMILES string of the molecule is CCC(COCC1CO1)N=Cc1ccccc1. The van der Waals surface area contributed by atoms with Crippen molar-refractivity contribution in [3.8, 4) is 0 Å². The summed E-state index contributed by atoms with van der Waals surface area (Å²) < 4.78 is 10.7. The van der Waals surface area contributed by atoms with Crippen molar-refractivity contribution in [3.63, 3.8) is 0 Å². The third-order valence-corrected chi connectivity index (χ3v) is 2.72. The second-order valence-electron chi connectivity index (χ2n) is 4.24. The lowest BCUT2D eigenvalue weighted by atomic mass is 10.2. The first kappa shape index (κ1) is 12.3. The summed E-state index contributed by atoms with van der Waals surface area (Å²) in [6, 6.07) is 10.4. The van der Waals surface area contributed by atoms with Gasteiger partial charge in [0.15, 0.2) is 0 Å². The van der Waals surface area contributed by atoms with Gasteiger partial charge in [0.05, 0.1) is 25.9 Å². The highest BCUT2D eigenvalue weighted by molar-refractivity contribution is 5.79. The van der Waals surface area contributed by atoms with Gasteiger partial charge >= 0.3 is 0 Å². The lowest BCUT2D eigenvalue weighted by Crippen LogP contribution is -2.15. The van der Waals surface area contributed by atoms with Crippen LogP contribution in [0.5, 0.6) is 0 Å². The van der Waals surface area contributed by atoms with E-state index in [1.54, 1.807) is 0 Å². The summed E-state index contributed by atoms with van der Waals surface area (Å²) in [5.41, 5.74) is 1.14. The fourth-order valence-electron chi connectivity index (χ4n) is 1.50. The minimum Gasteiger partial charge on any atom is -0.376 e. The van der Waals surface area contributed by atoms with Crippen LogP contribution in [0.25, 0.3) is 0 Å². The van der Waals surface area contributed by atoms with E-state index >= 15 is 0 Å². The van der Waals surface area contributed by atoms with Crippen molar-refractivity contribution < 1.29 is 9.47 Å². The maximum atomic E-state index is 5.56. The topological polar surface area (TPSA) is 34.1 Å². The fraction of sp³-hybridized carbons (Fsp3) is 0.500. The summed E-state index contributed by atoms with van der Waals surface area (Å²) in [6.45, 7) is 4.37. The minimum atomic E-state index is 0.244. The maximum absolute atomic E-state index is 5.56. The molecule has 0 spiro atoms. The third kappa shape index (κ3) is 4.67. The third-order valence-electron chi connectivity index (χ3n) is 2.72. The molecule has 0 N–H and O–H groups in total. The van der Waals surface area contributed by atoms with Crippen LogP contribution >= 0.6 is 0 Å². The molecule has 1 aliphatic rings. The van der Waals surface area contributed by atoms with Gasteiger partial charge in [-0.15, -0.1) is 0 Å². The van der Waals surface area contributed by atoms with Crippen molar-refractivity contribution in [1.29, 1.82) is 0 Å². The minimum absolute atomic E-state index is 0.244. The normalized spacial score (nSPS) is 20.6. The molecule has 1 fully saturated rings. The van der Waals surface area contributed by atoms with E-state index in [-0.39, 0.29) is 6.04 Å². The molecule has 0 radical (unpaired) electrons. The van der Waals surface area contributed by atoms with Crippen molar-refractivity contribution in [2.24, 2.45) is 4.99 Å². The van der Waals surface area contributed by atoms with Gasteiger partial charge in [-0.3, -0.25) is 4.99 Å². The second kappa shape index (κ2) is 6.52. The van der Waals surface area contributed by atoms with Crippen LogP contribution in [0.2, 0.25) is 0 Å². The van der Waals surface area contributed by atoms with Crippen molar-refractivity contribution in [1.82, 2.24) is 0 Å². The van der Waals surface area contributed by atoms with Gasteiger partial charge in [0.25, 0.3) is 0 Å². The Bertz CT molecular complexity index is 346. The molecule has 92 valence electrons. The number of aliphatic imine (C=N–C) groups is 1. The quantitative estimate of drug-likeness (QED) is 0.535. The second-order valence-corrected chi connectivity index (χ2v) is 4.24. The van der Waals surface area contributed by atoms with E-state index in [2.05, 4.69) is 24.0 Å². The average molecular weight is 233 g/mol. The highest BCUT2D eigenvalue weighted by atomic mass is 16.6. The Balaban J connectivity index is 1.75. The zero-order chi connectivity index (χ0) is 11.9. The van der Waals surface area contributed by atoms with Crippen LogP contribution in [0.3, 0.4) is 0 Å². The summed E-state index contributed by atoms with van der Waals surface area (Å²) in [7, 11) is 0. The summed E-state index contributed by atoms with van der Waals surface area (Å²) in [4.78, 5) is 4.54. The monoisotopic (exact) mass is 233 g/mol. The zero-order valence-electron chi connectivity index (χ0n) is 10.2. The predicted octanol–water partition coefficient (Wildman–Crippen LogP) is 2.30. The Morgan fingerprint density at radius 2 is 2.24 bits per heavy atom. The number of hydrogen-bond acceptors (Lipinski definition) is 3. The molecule has 3 heteroatoms. The smallest absolute Gasteiger partial charge is 0.104 e. The molecule has 2 atom stereocenters. The molecule has 0 saturated carbocycles. The Morgan fingerprint density at radius 3 is 2.88 bits per heavy atom. The van der Waals surface area contributed by atoms with Gasteiger partial charge in [0.1, 0.15) is 6.10 Å². The van der Waals surface area contributed by atoms with Gasteiger partial charge in [0, 0.05) is 6.21 Å². The molecule has 2 rings (SSSR count). The van der Waals surface area contributed by atoms with Crippen LogP contribution in [0.1, 0.15) is 18.9 Å². The number of ether oxygens (including phenoxy) is 2. The van der Waals surface area contributed by atoms with Crippen molar-refractivity contribution in [2.45, 2.75) is 25.5 Å². The summed E-state index contributed by atoms with van der Waals surface area (Å²) in [5, 5.41) is 0. The van der Waals surface area contributed by atoms with Crippen LogP contribution in [0.4, 0.5) is 0 Å².